The number of halogens is 4. The van der Waals surface area contributed by atoms with Crippen molar-refractivity contribution in [2.75, 3.05) is 11.9 Å². The lowest BCUT2D eigenvalue weighted by atomic mass is 10.1. The van der Waals surface area contributed by atoms with E-state index in [4.69, 9.17) is 16.3 Å². The van der Waals surface area contributed by atoms with Crippen molar-refractivity contribution in [2.45, 2.75) is 12.3 Å². The Hall–Kier alpha value is -1.40. The molecule has 2 nitrogen and oxygen atoms in total. The van der Waals surface area contributed by atoms with Gasteiger partial charge < -0.3 is 10.1 Å². The van der Waals surface area contributed by atoms with Crippen molar-refractivity contribution in [1.29, 1.82) is 0 Å². The summed E-state index contributed by atoms with van der Waals surface area (Å²) < 4.78 is 44.2. The van der Waals surface area contributed by atoms with Gasteiger partial charge in [0.15, 0.2) is 0 Å². The molecule has 1 N–H and O–H groups in total. The predicted molar refractivity (Wildman–Crippen MR) is 72.6 cm³/mol. The van der Waals surface area contributed by atoms with Crippen molar-refractivity contribution in [3.63, 3.8) is 0 Å². The molecular formula is C13H9ClF3NOS. The first-order valence-corrected chi connectivity index (χ1v) is 7.05. The summed E-state index contributed by atoms with van der Waals surface area (Å²) in [7, 11) is 0. The number of alkyl halides is 3. The highest BCUT2D eigenvalue weighted by Gasteiger charge is 2.32. The number of thiophene rings is 1. The van der Waals surface area contributed by atoms with Crippen LogP contribution in [0.2, 0.25) is 4.34 Å². The number of benzene rings is 1. The summed E-state index contributed by atoms with van der Waals surface area (Å²) in [4.78, 5) is 0. The van der Waals surface area contributed by atoms with E-state index in [1.807, 2.05) is 5.38 Å². The molecule has 2 aromatic rings. The average molecular weight is 320 g/mol. The quantitative estimate of drug-likeness (QED) is 0.801. The molecule has 0 bridgehead atoms. The SMILES string of the molecule is FC(F)(F)c1ccc2c(c1)NCC(c1csc(Cl)c1)O2. The van der Waals surface area contributed by atoms with Crippen LogP contribution in [0, 0.1) is 0 Å². The van der Waals surface area contributed by atoms with Crippen LogP contribution in [-0.4, -0.2) is 6.54 Å². The van der Waals surface area contributed by atoms with Gasteiger partial charge in [0.25, 0.3) is 0 Å². The molecule has 106 valence electrons. The van der Waals surface area contributed by atoms with E-state index in [2.05, 4.69) is 5.32 Å². The summed E-state index contributed by atoms with van der Waals surface area (Å²) in [5.74, 6) is 0.413. The van der Waals surface area contributed by atoms with Crippen LogP contribution in [0.3, 0.4) is 0 Å². The van der Waals surface area contributed by atoms with Gasteiger partial charge in [-0.3, -0.25) is 0 Å². The molecule has 2 heterocycles. The fourth-order valence-corrected chi connectivity index (χ4v) is 2.96. The van der Waals surface area contributed by atoms with E-state index in [0.717, 1.165) is 17.7 Å². The predicted octanol–water partition coefficient (Wildman–Crippen LogP) is 4.97. The van der Waals surface area contributed by atoms with E-state index >= 15 is 0 Å². The molecule has 7 heteroatoms. The fraction of sp³-hybridized carbons (Fsp3) is 0.231. The minimum atomic E-state index is -4.35. The van der Waals surface area contributed by atoms with E-state index in [-0.39, 0.29) is 6.10 Å². The van der Waals surface area contributed by atoms with E-state index < -0.39 is 11.7 Å². The van der Waals surface area contributed by atoms with Gasteiger partial charge in [0.05, 0.1) is 22.1 Å². The van der Waals surface area contributed by atoms with Crippen LogP contribution in [-0.2, 0) is 6.18 Å². The van der Waals surface area contributed by atoms with Gasteiger partial charge in [0.2, 0.25) is 0 Å². The van der Waals surface area contributed by atoms with Crippen molar-refractivity contribution in [3.8, 4) is 5.75 Å². The highest BCUT2D eigenvalue weighted by atomic mass is 35.5. The summed E-state index contributed by atoms with van der Waals surface area (Å²) in [5, 5.41) is 4.85. The highest BCUT2D eigenvalue weighted by molar-refractivity contribution is 7.14. The maximum atomic E-state index is 12.6. The Morgan fingerprint density at radius 2 is 2.10 bits per heavy atom. The molecule has 20 heavy (non-hydrogen) atoms. The van der Waals surface area contributed by atoms with Crippen LogP contribution in [0.25, 0.3) is 0 Å². The average Bonchev–Trinajstić information content (AvgIpc) is 2.83. The van der Waals surface area contributed by atoms with Gasteiger partial charge in [0, 0.05) is 5.56 Å². The van der Waals surface area contributed by atoms with E-state index in [1.165, 1.54) is 17.4 Å². The van der Waals surface area contributed by atoms with Crippen LogP contribution in [0.4, 0.5) is 18.9 Å². The molecule has 0 radical (unpaired) electrons. The molecule has 0 amide bonds. The number of fused-ring (bicyclic) bond motifs is 1. The molecule has 1 atom stereocenters. The molecule has 1 unspecified atom stereocenters. The summed E-state index contributed by atoms with van der Waals surface area (Å²) >= 11 is 7.26. The fourth-order valence-electron chi connectivity index (χ4n) is 2.02. The number of rotatable bonds is 1. The van der Waals surface area contributed by atoms with Gasteiger partial charge in [-0.1, -0.05) is 11.6 Å². The zero-order valence-corrected chi connectivity index (χ0v) is 11.6. The molecule has 0 fully saturated rings. The molecule has 1 aliphatic rings. The zero-order valence-electron chi connectivity index (χ0n) is 10.00. The zero-order chi connectivity index (χ0) is 14.3. The Kier molecular flexibility index (Phi) is 3.30. The Bertz CT molecular complexity index is 641. The summed E-state index contributed by atoms with van der Waals surface area (Å²) in [5.41, 5.74) is 0.583. The van der Waals surface area contributed by atoms with Crippen molar-refractivity contribution < 1.29 is 17.9 Å². The van der Waals surface area contributed by atoms with Crippen LogP contribution in [0.1, 0.15) is 17.2 Å². The third kappa shape index (κ3) is 2.58. The molecule has 1 aliphatic heterocycles. The van der Waals surface area contributed by atoms with E-state index in [9.17, 15) is 13.2 Å². The van der Waals surface area contributed by atoms with Crippen LogP contribution < -0.4 is 10.1 Å². The van der Waals surface area contributed by atoms with Gasteiger partial charge in [0.1, 0.15) is 11.9 Å². The molecule has 0 saturated heterocycles. The first-order chi connectivity index (χ1) is 9.43. The Morgan fingerprint density at radius 1 is 1.30 bits per heavy atom. The van der Waals surface area contributed by atoms with Crippen LogP contribution in [0.15, 0.2) is 29.6 Å². The first kappa shape index (κ1) is 13.6. The normalized spacial score (nSPS) is 18.1. The molecule has 0 saturated carbocycles. The number of nitrogens with one attached hydrogen (secondary N) is 1. The number of ether oxygens (including phenoxy) is 1. The minimum absolute atomic E-state index is 0.247. The smallest absolute Gasteiger partial charge is 0.416 e. The third-order valence-electron chi connectivity index (χ3n) is 3.01. The molecule has 0 spiro atoms. The molecule has 1 aromatic heterocycles. The summed E-state index contributed by atoms with van der Waals surface area (Å²) in [6.07, 6.45) is -4.60. The molecule has 3 rings (SSSR count). The number of hydrogen-bond acceptors (Lipinski definition) is 3. The topological polar surface area (TPSA) is 21.3 Å². The lowest BCUT2D eigenvalue weighted by Gasteiger charge is -2.27. The molecule has 0 aliphatic carbocycles. The maximum absolute atomic E-state index is 12.6. The summed E-state index contributed by atoms with van der Waals surface area (Å²) in [6, 6.07) is 5.22. The van der Waals surface area contributed by atoms with Crippen molar-refractivity contribution in [3.05, 3.63) is 45.1 Å². The number of hydrogen-bond donors (Lipinski definition) is 1. The standard InChI is InChI=1S/C13H9ClF3NOS/c14-12-3-7(6-20-12)11-5-18-9-4-8(13(15,16)17)1-2-10(9)19-11/h1-4,6,11,18H,5H2. The highest BCUT2D eigenvalue weighted by Crippen LogP contribution is 2.39. The molecule has 1 aromatic carbocycles. The lowest BCUT2D eigenvalue weighted by Crippen LogP contribution is -2.23. The van der Waals surface area contributed by atoms with Gasteiger partial charge in [-0.15, -0.1) is 11.3 Å². The maximum Gasteiger partial charge on any atom is 0.416 e. The largest absolute Gasteiger partial charge is 0.482 e. The van der Waals surface area contributed by atoms with Gasteiger partial charge in [-0.05, 0) is 29.6 Å². The van der Waals surface area contributed by atoms with E-state index in [0.29, 0.717) is 22.3 Å². The lowest BCUT2D eigenvalue weighted by molar-refractivity contribution is -0.137. The Morgan fingerprint density at radius 3 is 2.75 bits per heavy atom. The van der Waals surface area contributed by atoms with Crippen molar-refractivity contribution in [1.82, 2.24) is 0 Å². The molecular weight excluding hydrogens is 311 g/mol. The number of anilines is 1. The first-order valence-electron chi connectivity index (χ1n) is 5.79. The summed E-state index contributed by atoms with van der Waals surface area (Å²) in [6.45, 7) is 0.404. The Balaban J connectivity index is 1.86. The second-order valence-corrected chi connectivity index (χ2v) is 5.92. The van der Waals surface area contributed by atoms with Gasteiger partial charge in [-0.2, -0.15) is 13.2 Å². The van der Waals surface area contributed by atoms with E-state index in [1.54, 1.807) is 6.07 Å². The second-order valence-electron chi connectivity index (χ2n) is 4.38. The van der Waals surface area contributed by atoms with Gasteiger partial charge in [-0.25, -0.2) is 0 Å². The Labute approximate surface area is 122 Å². The van der Waals surface area contributed by atoms with Crippen molar-refractivity contribution in [2.24, 2.45) is 0 Å². The van der Waals surface area contributed by atoms with Crippen molar-refractivity contribution >= 4 is 28.6 Å². The van der Waals surface area contributed by atoms with Crippen LogP contribution in [0.5, 0.6) is 5.75 Å². The third-order valence-corrected chi connectivity index (χ3v) is 4.12. The van der Waals surface area contributed by atoms with Gasteiger partial charge >= 0.3 is 6.18 Å². The monoisotopic (exact) mass is 319 g/mol. The van der Waals surface area contributed by atoms with Crippen LogP contribution >= 0.6 is 22.9 Å². The second kappa shape index (κ2) is 4.86. The minimum Gasteiger partial charge on any atom is -0.482 e.